The summed E-state index contributed by atoms with van der Waals surface area (Å²) in [5.74, 6) is -1.73. The fraction of sp³-hybridized carbons (Fsp3) is 0.111. The Morgan fingerprint density at radius 1 is 0.857 bits per heavy atom. The SMILES string of the molecule is O=C(Nc1cc(C(F)(F)F)cc(C(F)(F)F)c1)c1cc2ccccc2c(=O)o1. The van der Waals surface area contributed by atoms with E-state index in [2.05, 4.69) is 0 Å². The minimum absolute atomic E-state index is 0.0637. The summed E-state index contributed by atoms with van der Waals surface area (Å²) in [7, 11) is 0. The van der Waals surface area contributed by atoms with Crippen molar-refractivity contribution < 1.29 is 35.6 Å². The van der Waals surface area contributed by atoms with Crippen molar-refractivity contribution in [3.05, 3.63) is 75.8 Å². The summed E-state index contributed by atoms with van der Waals surface area (Å²) in [5.41, 5.74) is -4.79. The molecule has 0 bridgehead atoms. The van der Waals surface area contributed by atoms with Crippen LogP contribution in [0.25, 0.3) is 10.8 Å². The Hall–Kier alpha value is -3.30. The smallest absolute Gasteiger partial charge is 0.416 e. The molecule has 0 aliphatic rings. The van der Waals surface area contributed by atoms with Crippen molar-refractivity contribution in [2.45, 2.75) is 12.4 Å². The van der Waals surface area contributed by atoms with E-state index in [-0.39, 0.29) is 11.5 Å². The molecule has 3 aromatic rings. The van der Waals surface area contributed by atoms with Gasteiger partial charge in [-0.05, 0) is 35.7 Å². The number of carbonyl (C=O) groups is 1. The Kier molecular flexibility index (Phi) is 4.66. The van der Waals surface area contributed by atoms with Gasteiger partial charge in [0.2, 0.25) is 0 Å². The Bertz CT molecular complexity index is 1080. The number of benzene rings is 2. The molecule has 1 amide bonds. The third-order valence-electron chi connectivity index (χ3n) is 3.74. The lowest BCUT2D eigenvalue weighted by Gasteiger charge is -2.14. The molecule has 0 radical (unpaired) electrons. The van der Waals surface area contributed by atoms with Gasteiger partial charge in [0.05, 0.1) is 16.5 Å². The molecule has 3 rings (SSSR count). The number of alkyl halides is 6. The number of rotatable bonds is 2. The molecule has 0 aliphatic heterocycles. The van der Waals surface area contributed by atoms with Crippen LogP contribution in [0, 0.1) is 0 Å². The fourth-order valence-electron chi connectivity index (χ4n) is 2.47. The van der Waals surface area contributed by atoms with Crippen molar-refractivity contribution in [3.8, 4) is 0 Å². The lowest BCUT2D eigenvalue weighted by molar-refractivity contribution is -0.143. The van der Waals surface area contributed by atoms with Crippen molar-refractivity contribution in [1.82, 2.24) is 0 Å². The minimum atomic E-state index is -5.06. The second-order valence-corrected chi connectivity index (χ2v) is 5.73. The molecule has 4 nitrogen and oxygen atoms in total. The lowest BCUT2D eigenvalue weighted by Crippen LogP contribution is -2.17. The van der Waals surface area contributed by atoms with E-state index in [0.29, 0.717) is 17.5 Å². The molecule has 0 unspecified atom stereocenters. The summed E-state index contributed by atoms with van der Waals surface area (Å²) in [6.07, 6.45) is -10.1. The summed E-state index contributed by atoms with van der Waals surface area (Å²) < 4.78 is 82.1. The maximum absolute atomic E-state index is 12.9. The molecule has 146 valence electrons. The van der Waals surface area contributed by atoms with E-state index >= 15 is 0 Å². The summed E-state index contributed by atoms with van der Waals surface area (Å²) in [6, 6.07) is 7.86. The van der Waals surface area contributed by atoms with Crippen LogP contribution >= 0.6 is 0 Å². The maximum Gasteiger partial charge on any atom is 0.416 e. The molecule has 1 heterocycles. The normalized spacial score (nSPS) is 12.2. The van der Waals surface area contributed by atoms with E-state index in [9.17, 15) is 35.9 Å². The van der Waals surface area contributed by atoms with E-state index in [1.165, 1.54) is 12.1 Å². The first kappa shape index (κ1) is 19.5. The summed E-state index contributed by atoms with van der Waals surface area (Å²) in [5, 5.41) is 2.39. The monoisotopic (exact) mass is 401 g/mol. The first-order valence-electron chi connectivity index (χ1n) is 7.59. The topological polar surface area (TPSA) is 59.3 Å². The zero-order chi connectivity index (χ0) is 20.7. The molecular formula is C18H9F6NO3. The van der Waals surface area contributed by atoms with Crippen LogP contribution in [-0.2, 0) is 12.4 Å². The van der Waals surface area contributed by atoms with Crippen LogP contribution in [0.1, 0.15) is 21.7 Å². The Morgan fingerprint density at radius 2 is 1.43 bits per heavy atom. The summed E-state index contributed by atoms with van der Waals surface area (Å²) >= 11 is 0. The number of fused-ring (bicyclic) bond motifs is 1. The number of halogens is 6. The van der Waals surface area contributed by atoms with Gasteiger partial charge in [-0.15, -0.1) is 0 Å². The Morgan fingerprint density at radius 3 is 2.00 bits per heavy atom. The molecule has 0 saturated heterocycles. The van der Waals surface area contributed by atoms with Crippen LogP contribution in [0.5, 0.6) is 0 Å². The van der Waals surface area contributed by atoms with Crippen LogP contribution in [0.15, 0.2) is 57.7 Å². The van der Waals surface area contributed by atoms with Gasteiger partial charge >= 0.3 is 18.0 Å². The molecular weight excluding hydrogens is 392 g/mol. The number of hydrogen-bond donors (Lipinski definition) is 1. The highest BCUT2D eigenvalue weighted by molar-refractivity contribution is 6.04. The third kappa shape index (κ3) is 4.00. The van der Waals surface area contributed by atoms with Crippen LogP contribution in [-0.4, -0.2) is 5.91 Å². The van der Waals surface area contributed by atoms with Gasteiger partial charge in [0.1, 0.15) is 0 Å². The van der Waals surface area contributed by atoms with Gasteiger partial charge in [-0.2, -0.15) is 26.3 Å². The largest absolute Gasteiger partial charge is 0.417 e. The van der Waals surface area contributed by atoms with Gasteiger partial charge in [0.25, 0.3) is 5.91 Å². The third-order valence-corrected chi connectivity index (χ3v) is 3.74. The molecule has 1 aromatic heterocycles. The lowest BCUT2D eigenvalue weighted by atomic mass is 10.1. The van der Waals surface area contributed by atoms with Gasteiger partial charge in [-0.25, -0.2) is 4.79 Å². The molecule has 0 saturated carbocycles. The summed E-state index contributed by atoms with van der Waals surface area (Å²) in [4.78, 5) is 24.1. The average Bonchev–Trinajstić information content (AvgIpc) is 2.60. The Labute approximate surface area is 152 Å². The molecule has 28 heavy (non-hydrogen) atoms. The predicted molar refractivity (Wildman–Crippen MR) is 86.9 cm³/mol. The van der Waals surface area contributed by atoms with Gasteiger partial charge in [0.15, 0.2) is 5.76 Å². The molecule has 1 N–H and O–H groups in total. The highest BCUT2D eigenvalue weighted by Crippen LogP contribution is 2.37. The minimum Gasteiger partial charge on any atom is -0.417 e. The van der Waals surface area contributed by atoms with Crippen molar-refractivity contribution in [3.63, 3.8) is 0 Å². The van der Waals surface area contributed by atoms with E-state index in [1.807, 2.05) is 5.32 Å². The number of anilines is 1. The molecule has 2 aromatic carbocycles. The van der Waals surface area contributed by atoms with Crippen LogP contribution < -0.4 is 10.9 Å². The van der Waals surface area contributed by atoms with Gasteiger partial charge < -0.3 is 9.73 Å². The number of hydrogen-bond acceptors (Lipinski definition) is 3. The molecule has 0 spiro atoms. The number of nitrogens with one attached hydrogen (secondary N) is 1. The van der Waals surface area contributed by atoms with Crippen molar-refractivity contribution in [1.29, 1.82) is 0 Å². The van der Waals surface area contributed by atoms with E-state index < -0.39 is 46.5 Å². The van der Waals surface area contributed by atoms with Gasteiger partial charge in [-0.3, -0.25) is 4.79 Å². The first-order chi connectivity index (χ1) is 12.9. The molecule has 0 atom stereocenters. The van der Waals surface area contributed by atoms with Gasteiger partial charge in [-0.1, -0.05) is 18.2 Å². The maximum atomic E-state index is 12.9. The van der Waals surface area contributed by atoms with Gasteiger partial charge in [0, 0.05) is 5.69 Å². The van der Waals surface area contributed by atoms with Crippen LogP contribution in [0.2, 0.25) is 0 Å². The number of carbonyl (C=O) groups excluding carboxylic acids is 1. The standard InChI is InChI=1S/C18H9F6NO3/c19-17(20,21)10-6-11(18(22,23)24)8-12(7-10)25-15(26)14-5-9-3-1-2-4-13(9)16(27)28-14/h1-8H,(H,25,26). The second kappa shape index (κ2) is 6.70. The second-order valence-electron chi connectivity index (χ2n) is 5.73. The highest BCUT2D eigenvalue weighted by Gasteiger charge is 2.37. The fourth-order valence-corrected chi connectivity index (χ4v) is 2.47. The van der Waals surface area contributed by atoms with Crippen molar-refractivity contribution in [2.24, 2.45) is 0 Å². The van der Waals surface area contributed by atoms with E-state index in [0.717, 1.165) is 6.07 Å². The van der Waals surface area contributed by atoms with Crippen LogP contribution in [0.3, 0.4) is 0 Å². The summed E-state index contributed by atoms with van der Waals surface area (Å²) in [6.45, 7) is 0. The quantitative estimate of drug-likeness (QED) is 0.609. The average molecular weight is 401 g/mol. The first-order valence-corrected chi connectivity index (χ1v) is 7.59. The number of amides is 1. The van der Waals surface area contributed by atoms with Crippen LogP contribution in [0.4, 0.5) is 32.0 Å². The van der Waals surface area contributed by atoms with Crippen molar-refractivity contribution in [2.75, 3.05) is 5.32 Å². The zero-order valence-electron chi connectivity index (χ0n) is 13.6. The highest BCUT2D eigenvalue weighted by atomic mass is 19.4. The molecule has 10 heteroatoms. The van der Waals surface area contributed by atoms with E-state index in [4.69, 9.17) is 4.42 Å². The molecule has 0 aliphatic carbocycles. The van der Waals surface area contributed by atoms with Crippen molar-refractivity contribution >= 4 is 22.4 Å². The predicted octanol–water partition coefficient (Wildman–Crippen LogP) is 5.08. The molecule has 0 fully saturated rings. The van der Waals surface area contributed by atoms with E-state index in [1.54, 1.807) is 12.1 Å². The zero-order valence-corrected chi connectivity index (χ0v) is 13.6. The Balaban J connectivity index is 2.01.